The van der Waals surface area contributed by atoms with Crippen molar-refractivity contribution in [1.82, 2.24) is 15.6 Å². The monoisotopic (exact) mass is 342 g/mol. The van der Waals surface area contributed by atoms with Crippen LogP contribution in [0.4, 0.5) is 0 Å². The molecule has 1 fully saturated rings. The Kier molecular flexibility index (Phi) is 5.42. The molecule has 1 aromatic carbocycles. The molecule has 0 saturated carbocycles. The molecule has 132 valence electrons. The highest BCUT2D eigenvalue weighted by atomic mass is 16.2. The molecule has 1 saturated heterocycles. The molecule has 3 rings (SSSR count). The molecule has 0 aliphatic carbocycles. The fourth-order valence-corrected chi connectivity index (χ4v) is 3.10. The van der Waals surface area contributed by atoms with Gasteiger partial charge in [0.25, 0.3) is 5.91 Å². The normalized spacial score (nSPS) is 18.3. The Morgan fingerprint density at radius 3 is 2.52 bits per heavy atom. The van der Waals surface area contributed by atoms with Gasteiger partial charge in [-0.05, 0) is 18.4 Å². The molecule has 1 aromatic rings. The Hall–Kier alpha value is -2.70. The molecule has 2 heterocycles. The number of nitrogens with one attached hydrogen (secondary N) is 2. The molecule has 0 unspecified atom stereocenters. The first-order chi connectivity index (χ1) is 12.1. The van der Waals surface area contributed by atoms with Gasteiger partial charge >= 0.3 is 0 Å². The van der Waals surface area contributed by atoms with Gasteiger partial charge in [0.2, 0.25) is 11.8 Å². The van der Waals surface area contributed by atoms with Gasteiger partial charge in [-0.1, -0.05) is 30.3 Å². The molecule has 0 aromatic heterocycles. The highest BCUT2D eigenvalue weighted by molar-refractivity contribution is 6.39. The van der Waals surface area contributed by atoms with Crippen LogP contribution in [0.25, 0.3) is 0 Å². The quantitative estimate of drug-likeness (QED) is 0.839. The van der Waals surface area contributed by atoms with Crippen molar-refractivity contribution < 1.29 is 14.4 Å². The van der Waals surface area contributed by atoms with Gasteiger partial charge in [0.05, 0.1) is 6.42 Å². The van der Waals surface area contributed by atoms with Gasteiger partial charge in [-0.25, -0.2) is 5.43 Å². The predicted molar refractivity (Wildman–Crippen MR) is 92.7 cm³/mol. The predicted octanol–water partition coefficient (Wildman–Crippen LogP) is 0.602. The number of nitrogens with zero attached hydrogens (tertiary/aromatic N) is 2. The van der Waals surface area contributed by atoms with E-state index >= 15 is 0 Å². The van der Waals surface area contributed by atoms with Gasteiger partial charge in [0, 0.05) is 32.0 Å². The number of hydrogen-bond donors (Lipinski definition) is 2. The van der Waals surface area contributed by atoms with Gasteiger partial charge in [-0.2, -0.15) is 5.10 Å². The van der Waals surface area contributed by atoms with Crippen LogP contribution in [-0.4, -0.2) is 47.5 Å². The number of carbonyl (C=O) groups excluding carboxylic acids is 3. The van der Waals surface area contributed by atoms with Crippen molar-refractivity contribution in [2.45, 2.75) is 38.1 Å². The van der Waals surface area contributed by atoms with E-state index in [1.807, 2.05) is 30.3 Å². The van der Waals surface area contributed by atoms with E-state index in [4.69, 9.17) is 0 Å². The molecule has 2 aliphatic heterocycles. The van der Waals surface area contributed by atoms with Crippen molar-refractivity contribution in [3.63, 3.8) is 0 Å². The van der Waals surface area contributed by atoms with E-state index in [1.165, 1.54) is 0 Å². The van der Waals surface area contributed by atoms with Crippen LogP contribution in [0, 0.1) is 0 Å². The SMILES string of the molecule is O=C1CCC(C(=O)N2CCC(NC(=O)Cc3ccccc3)CC2)=NN1. The van der Waals surface area contributed by atoms with Crippen molar-refractivity contribution in [2.75, 3.05) is 13.1 Å². The number of rotatable bonds is 4. The van der Waals surface area contributed by atoms with Crippen LogP contribution in [0.3, 0.4) is 0 Å². The summed E-state index contributed by atoms with van der Waals surface area (Å²) in [4.78, 5) is 37.4. The lowest BCUT2D eigenvalue weighted by atomic mass is 10.0. The Balaban J connectivity index is 1.45. The summed E-state index contributed by atoms with van der Waals surface area (Å²) >= 11 is 0. The highest BCUT2D eigenvalue weighted by Gasteiger charge is 2.28. The van der Waals surface area contributed by atoms with Crippen LogP contribution in [0.5, 0.6) is 0 Å². The molecule has 7 nitrogen and oxygen atoms in total. The lowest BCUT2D eigenvalue weighted by molar-refractivity contribution is -0.125. The van der Waals surface area contributed by atoms with Crippen molar-refractivity contribution >= 4 is 23.4 Å². The summed E-state index contributed by atoms with van der Waals surface area (Å²) in [5.74, 6) is -0.263. The third kappa shape index (κ3) is 4.65. The van der Waals surface area contributed by atoms with Crippen LogP contribution in [0.1, 0.15) is 31.2 Å². The zero-order valence-electron chi connectivity index (χ0n) is 14.0. The molecule has 2 aliphatic rings. The van der Waals surface area contributed by atoms with Crippen LogP contribution in [0.15, 0.2) is 35.4 Å². The minimum atomic E-state index is -0.156. The Morgan fingerprint density at radius 1 is 1.16 bits per heavy atom. The molecule has 2 N–H and O–H groups in total. The fraction of sp³-hybridized carbons (Fsp3) is 0.444. The van der Waals surface area contributed by atoms with Gasteiger partial charge < -0.3 is 10.2 Å². The van der Waals surface area contributed by atoms with E-state index in [1.54, 1.807) is 4.90 Å². The van der Waals surface area contributed by atoms with Crippen LogP contribution >= 0.6 is 0 Å². The Morgan fingerprint density at radius 2 is 1.88 bits per heavy atom. The average Bonchev–Trinajstić information content (AvgIpc) is 2.63. The fourth-order valence-electron chi connectivity index (χ4n) is 3.10. The molecule has 0 bridgehead atoms. The molecule has 25 heavy (non-hydrogen) atoms. The average molecular weight is 342 g/mol. The summed E-state index contributed by atoms with van der Waals surface area (Å²) in [5.41, 5.74) is 3.75. The first-order valence-corrected chi connectivity index (χ1v) is 8.60. The van der Waals surface area contributed by atoms with Crippen molar-refractivity contribution in [1.29, 1.82) is 0 Å². The van der Waals surface area contributed by atoms with E-state index in [0.717, 1.165) is 18.4 Å². The summed E-state index contributed by atoms with van der Waals surface area (Å²) < 4.78 is 0. The van der Waals surface area contributed by atoms with Crippen molar-refractivity contribution in [3.8, 4) is 0 Å². The van der Waals surface area contributed by atoms with Gasteiger partial charge in [-0.15, -0.1) is 0 Å². The van der Waals surface area contributed by atoms with Crippen LogP contribution in [-0.2, 0) is 20.8 Å². The molecular formula is C18H22N4O3. The molecule has 3 amide bonds. The smallest absolute Gasteiger partial charge is 0.270 e. The molecule has 0 spiro atoms. The molecule has 7 heteroatoms. The topological polar surface area (TPSA) is 90.9 Å². The number of likely N-dealkylation sites (tertiary alicyclic amines) is 1. The lowest BCUT2D eigenvalue weighted by Gasteiger charge is -2.33. The van der Waals surface area contributed by atoms with Gasteiger partial charge in [-0.3, -0.25) is 14.4 Å². The third-order valence-electron chi connectivity index (χ3n) is 4.51. The minimum Gasteiger partial charge on any atom is -0.353 e. The second-order valence-electron chi connectivity index (χ2n) is 6.39. The maximum absolute atomic E-state index is 12.4. The zero-order valence-corrected chi connectivity index (χ0v) is 14.0. The number of hydrazone groups is 1. The third-order valence-corrected chi connectivity index (χ3v) is 4.51. The van der Waals surface area contributed by atoms with Crippen molar-refractivity contribution in [3.05, 3.63) is 35.9 Å². The second-order valence-corrected chi connectivity index (χ2v) is 6.39. The van der Waals surface area contributed by atoms with E-state index in [2.05, 4.69) is 15.8 Å². The number of hydrogen-bond acceptors (Lipinski definition) is 4. The summed E-state index contributed by atoms with van der Waals surface area (Å²) in [6.07, 6.45) is 2.52. The minimum absolute atomic E-state index is 0.00958. The number of benzene rings is 1. The summed E-state index contributed by atoms with van der Waals surface area (Å²) in [6.45, 7) is 1.17. The first kappa shape index (κ1) is 17.1. The Bertz CT molecular complexity index is 679. The standard InChI is InChI=1S/C18H22N4O3/c23-16-7-6-15(20-21-16)18(25)22-10-8-14(9-11-22)19-17(24)12-13-4-2-1-3-5-13/h1-5,14H,6-12H2,(H,19,24)(H,21,23). The molecule has 0 atom stereocenters. The summed E-state index contributed by atoms with van der Waals surface area (Å²) in [6, 6.07) is 9.73. The van der Waals surface area contributed by atoms with Crippen molar-refractivity contribution in [2.24, 2.45) is 5.10 Å². The maximum Gasteiger partial charge on any atom is 0.270 e. The van der Waals surface area contributed by atoms with Gasteiger partial charge in [0.1, 0.15) is 5.71 Å². The van der Waals surface area contributed by atoms with Gasteiger partial charge in [0.15, 0.2) is 0 Å². The number of carbonyl (C=O) groups is 3. The van der Waals surface area contributed by atoms with E-state index in [0.29, 0.717) is 38.1 Å². The molecular weight excluding hydrogens is 320 g/mol. The van der Waals surface area contributed by atoms with E-state index in [-0.39, 0.29) is 23.8 Å². The first-order valence-electron chi connectivity index (χ1n) is 8.60. The largest absolute Gasteiger partial charge is 0.353 e. The zero-order chi connectivity index (χ0) is 17.6. The summed E-state index contributed by atoms with van der Waals surface area (Å²) in [7, 11) is 0. The highest BCUT2D eigenvalue weighted by Crippen LogP contribution is 2.13. The lowest BCUT2D eigenvalue weighted by Crippen LogP contribution is -2.49. The second kappa shape index (κ2) is 7.92. The summed E-state index contributed by atoms with van der Waals surface area (Å²) in [5, 5.41) is 6.90. The van der Waals surface area contributed by atoms with E-state index < -0.39 is 0 Å². The Labute approximate surface area is 146 Å². The van der Waals surface area contributed by atoms with Crippen LogP contribution < -0.4 is 10.7 Å². The molecule has 0 radical (unpaired) electrons. The van der Waals surface area contributed by atoms with Crippen LogP contribution in [0.2, 0.25) is 0 Å². The number of piperidine rings is 1. The van der Waals surface area contributed by atoms with E-state index in [9.17, 15) is 14.4 Å². The number of amides is 3. The maximum atomic E-state index is 12.4.